The second-order valence-corrected chi connectivity index (χ2v) is 6.17. The van der Waals surface area contributed by atoms with Crippen LogP contribution in [0.15, 0.2) is 36.7 Å². The van der Waals surface area contributed by atoms with Crippen molar-refractivity contribution in [1.82, 2.24) is 14.9 Å². The highest BCUT2D eigenvalue weighted by Gasteiger charge is 2.22. The van der Waals surface area contributed by atoms with Gasteiger partial charge < -0.3 is 14.9 Å². The van der Waals surface area contributed by atoms with Gasteiger partial charge in [-0.25, -0.2) is 14.8 Å². The molecule has 0 aliphatic carbocycles. The highest BCUT2D eigenvalue weighted by Crippen LogP contribution is 2.15. The maximum Gasteiger partial charge on any atom is 0.356 e. The average molecular weight is 361 g/mol. The van der Waals surface area contributed by atoms with Crippen molar-refractivity contribution in [3.05, 3.63) is 52.9 Å². The van der Waals surface area contributed by atoms with Crippen molar-refractivity contribution in [2.75, 3.05) is 31.1 Å². The zero-order valence-electron chi connectivity index (χ0n) is 13.4. The molecule has 1 amide bonds. The van der Waals surface area contributed by atoms with Crippen molar-refractivity contribution in [2.45, 2.75) is 6.42 Å². The number of piperazine rings is 1. The summed E-state index contributed by atoms with van der Waals surface area (Å²) in [4.78, 5) is 35.0. The number of rotatable bonds is 4. The zero-order valence-corrected chi connectivity index (χ0v) is 14.2. The fourth-order valence-electron chi connectivity index (χ4n) is 2.67. The lowest BCUT2D eigenvalue weighted by molar-refractivity contribution is -0.130. The number of carboxylic acid groups (broad SMARTS) is 1. The molecule has 0 radical (unpaired) electrons. The van der Waals surface area contributed by atoms with Crippen LogP contribution in [0.3, 0.4) is 0 Å². The smallest absolute Gasteiger partial charge is 0.356 e. The minimum absolute atomic E-state index is 0.0780. The lowest BCUT2D eigenvalue weighted by atomic mass is 10.1. The Bertz CT molecular complexity index is 756. The van der Waals surface area contributed by atoms with Crippen LogP contribution in [0, 0.1) is 0 Å². The second-order valence-electron chi connectivity index (χ2n) is 5.74. The molecule has 0 spiro atoms. The number of carbonyl (C=O) groups is 2. The summed E-state index contributed by atoms with van der Waals surface area (Å²) in [6.45, 7) is 2.45. The first kappa shape index (κ1) is 17.2. The van der Waals surface area contributed by atoms with Crippen LogP contribution in [0.5, 0.6) is 0 Å². The molecule has 8 heteroatoms. The van der Waals surface area contributed by atoms with Gasteiger partial charge >= 0.3 is 5.97 Å². The zero-order chi connectivity index (χ0) is 17.8. The molecule has 0 atom stereocenters. The second kappa shape index (κ2) is 7.48. The summed E-state index contributed by atoms with van der Waals surface area (Å²) in [5, 5.41) is 9.50. The molecule has 1 aliphatic heterocycles. The van der Waals surface area contributed by atoms with Crippen LogP contribution in [-0.2, 0) is 11.2 Å². The number of hydrogen-bond acceptors (Lipinski definition) is 5. The third-order valence-electron chi connectivity index (χ3n) is 4.08. The van der Waals surface area contributed by atoms with Crippen LogP contribution < -0.4 is 4.90 Å². The highest BCUT2D eigenvalue weighted by molar-refractivity contribution is 6.30. The number of benzene rings is 1. The van der Waals surface area contributed by atoms with E-state index in [4.69, 9.17) is 16.7 Å². The number of carboxylic acids is 1. The number of hydrogen-bond donors (Lipinski definition) is 1. The predicted molar refractivity (Wildman–Crippen MR) is 92.9 cm³/mol. The van der Waals surface area contributed by atoms with Crippen molar-refractivity contribution >= 4 is 29.3 Å². The molecule has 1 aromatic heterocycles. The SMILES string of the molecule is O=C(O)c1cnc(N2CCN(C(=O)Cc3ccc(Cl)cc3)CC2)cn1. The fraction of sp³-hybridized carbons (Fsp3) is 0.294. The van der Waals surface area contributed by atoms with Gasteiger partial charge in [-0.15, -0.1) is 0 Å². The Balaban J connectivity index is 1.55. The summed E-state index contributed by atoms with van der Waals surface area (Å²) in [5.74, 6) is -0.402. The third kappa shape index (κ3) is 4.24. The van der Waals surface area contributed by atoms with E-state index in [0.717, 1.165) is 5.56 Å². The number of aromatic nitrogens is 2. The van der Waals surface area contributed by atoms with E-state index in [2.05, 4.69) is 9.97 Å². The molecule has 1 N–H and O–H groups in total. The van der Waals surface area contributed by atoms with E-state index in [1.807, 2.05) is 21.9 Å². The van der Waals surface area contributed by atoms with E-state index < -0.39 is 5.97 Å². The molecule has 2 heterocycles. The van der Waals surface area contributed by atoms with Crippen LogP contribution in [0.1, 0.15) is 16.1 Å². The molecule has 130 valence electrons. The molecular formula is C17H17ClN4O3. The van der Waals surface area contributed by atoms with Crippen LogP contribution in [0.4, 0.5) is 5.82 Å². The molecule has 0 bridgehead atoms. The number of carbonyl (C=O) groups excluding carboxylic acids is 1. The number of amides is 1. The lowest BCUT2D eigenvalue weighted by Gasteiger charge is -2.35. The van der Waals surface area contributed by atoms with Gasteiger partial charge in [0.05, 0.1) is 18.8 Å². The van der Waals surface area contributed by atoms with Crippen molar-refractivity contribution in [3.63, 3.8) is 0 Å². The first-order valence-corrected chi connectivity index (χ1v) is 8.23. The third-order valence-corrected chi connectivity index (χ3v) is 4.33. The number of anilines is 1. The van der Waals surface area contributed by atoms with E-state index in [1.54, 1.807) is 12.1 Å². The Hall–Kier alpha value is -2.67. The quantitative estimate of drug-likeness (QED) is 0.893. The van der Waals surface area contributed by atoms with Gasteiger partial charge in [0.1, 0.15) is 5.82 Å². The number of halogens is 1. The van der Waals surface area contributed by atoms with Crippen LogP contribution >= 0.6 is 11.6 Å². The minimum atomic E-state index is -1.10. The molecule has 25 heavy (non-hydrogen) atoms. The molecule has 1 aliphatic rings. The van der Waals surface area contributed by atoms with E-state index >= 15 is 0 Å². The van der Waals surface area contributed by atoms with Gasteiger partial charge in [-0.05, 0) is 17.7 Å². The fourth-order valence-corrected chi connectivity index (χ4v) is 2.79. The van der Waals surface area contributed by atoms with Crippen molar-refractivity contribution in [3.8, 4) is 0 Å². The molecule has 1 saturated heterocycles. The van der Waals surface area contributed by atoms with Gasteiger partial charge in [-0.2, -0.15) is 0 Å². The van der Waals surface area contributed by atoms with E-state index in [9.17, 15) is 9.59 Å². The summed E-state index contributed by atoms with van der Waals surface area (Å²) >= 11 is 5.85. The maximum absolute atomic E-state index is 12.4. The maximum atomic E-state index is 12.4. The molecule has 3 rings (SSSR count). The van der Waals surface area contributed by atoms with Gasteiger partial charge in [0.25, 0.3) is 0 Å². The van der Waals surface area contributed by atoms with Crippen molar-refractivity contribution in [1.29, 1.82) is 0 Å². The molecule has 2 aromatic rings. The Kier molecular flexibility index (Phi) is 5.14. The standard InChI is InChI=1S/C17H17ClN4O3/c18-13-3-1-12(2-4-13)9-16(23)22-7-5-21(6-8-22)15-11-19-14(10-20-15)17(24)25/h1-4,10-11H,5-9H2,(H,24,25). The summed E-state index contributed by atoms with van der Waals surface area (Å²) in [6.07, 6.45) is 3.05. The largest absolute Gasteiger partial charge is 0.476 e. The van der Waals surface area contributed by atoms with E-state index in [-0.39, 0.29) is 11.6 Å². The molecule has 1 aromatic carbocycles. The lowest BCUT2D eigenvalue weighted by Crippen LogP contribution is -2.49. The molecule has 7 nitrogen and oxygen atoms in total. The molecular weight excluding hydrogens is 344 g/mol. The Labute approximate surface area is 149 Å². The van der Waals surface area contributed by atoms with Crippen LogP contribution in [0.25, 0.3) is 0 Å². The summed E-state index contributed by atoms with van der Waals surface area (Å²) in [6, 6.07) is 7.27. The predicted octanol–water partition coefficient (Wildman–Crippen LogP) is 1.72. The van der Waals surface area contributed by atoms with Gasteiger partial charge in [-0.1, -0.05) is 23.7 Å². The van der Waals surface area contributed by atoms with Crippen molar-refractivity contribution in [2.24, 2.45) is 0 Å². The number of aromatic carboxylic acids is 1. The van der Waals surface area contributed by atoms with E-state index in [1.165, 1.54) is 12.4 Å². The molecule has 0 saturated carbocycles. The normalized spacial score (nSPS) is 14.4. The summed E-state index contributed by atoms with van der Waals surface area (Å²) < 4.78 is 0. The van der Waals surface area contributed by atoms with Crippen molar-refractivity contribution < 1.29 is 14.7 Å². The van der Waals surface area contributed by atoms with Crippen LogP contribution in [0.2, 0.25) is 5.02 Å². The average Bonchev–Trinajstić information content (AvgIpc) is 2.64. The van der Waals surface area contributed by atoms with Gasteiger partial charge in [0, 0.05) is 31.2 Å². The van der Waals surface area contributed by atoms with Gasteiger partial charge in [0.2, 0.25) is 5.91 Å². The summed E-state index contributed by atoms with van der Waals surface area (Å²) in [7, 11) is 0. The molecule has 0 unspecified atom stereocenters. The Morgan fingerprint density at radius 3 is 2.28 bits per heavy atom. The first-order chi connectivity index (χ1) is 12.0. The minimum Gasteiger partial charge on any atom is -0.476 e. The Morgan fingerprint density at radius 2 is 1.72 bits per heavy atom. The Morgan fingerprint density at radius 1 is 1.04 bits per heavy atom. The topological polar surface area (TPSA) is 86.6 Å². The van der Waals surface area contributed by atoms with E-state index in [0.29, 0.717) is 43.4 Å². The highest BCUT2D eigenvalue weighted by atomic mass is 35.5. The monoisotopic (exact) mass is 360 g/mol. The number of nitrogens with zero attached hydrogens (tertiary/aromatic N) is 4. The summed E-state index contributed by atoms with van der Waals surface area (Å²) in [5.41, 5.74) is 0.854. The van der Waals surface area contributed by atoms with Crippen LogP contribution in [-0.4, -0.2) is 58.0 Å². The van der Waals surface area contributed by atoms with Gasteiger partial charge in [0.15, 0.2) is 5.69 Å². The van der Waals surface area contributed by atoms with Gasteiger partial charge in [-0.3, -0.25) is 4.79 Å². The molecule has 1 fully saturated rings. The first-order valence-electron chi connectivity index (χ1n) is 7.85.